The third kappa shape index (κ3) is 3.31. The molecule has 1 aliphatic carbocycles. The molecule has 3 heterocycles. The summed E-state index contributed by atoms with van der Waals surface area (Å²) in [7, 11) is 5.58. The molecule has 4 rings (SSSR count). The van der Waals surface area contributed by atoms with E-state index in [1.54, 1.807) is 11.3 Å². The van der Waals surface area contributed by atoms with Gasteiger partial charge in [-0.2, -0.15) is 18.3 Å². The summed E-state index contributed by atoms with van der Waals surface area (Å²) in [4.78, 5) is 17.6. The molecule has 2 aromatic rings. The van der Waals surface area contributed by atoms with Crippen molar-refractivity contribution < 1.29 is 18.0 Å². The first kappa shape index (κ1) is 20.2. The minimum absolute atomic E-state index is 0.0758. The largest absolute Gasteiger partial charge is 0.435 e. The standard InChI is InChI=1S/C19H24F3N5OS/c1-25(2)18(14-5-4-10-29-14)8-6-17(7-9-18)12-27(16(28)23-17)15-11-13(19(20,21)22)24-26(15)3/h4-5,10-11H,6-9,12H2,1-3H3,(H,23,28)/t17-,18-. The minimum Gasteiger partial charge on any atom is -0.330 e. The van der Waals surface area contributed by atoms with E-state index in [9.17, 15) is 18.0 Å². The lowest BCUT2D eigenvalue weighted by molar-refractivity contribution is -0.141. The second-order valence-corrected chi connectivity index (χ2v) is 9.16. The molecule has 1 saturated carbocycles. The van der Waals surface area contributed by atoms with Crippen LogP contribution in [0.5, 0.6) is 0 Å². The highest BCUT2D eigenvalue weighted by Crippen LogP contribution is 2.47. The van der Waals surface area contributed by atoms with Crippen LogP contribution in [-0.4, -0.2) is 46.9 Å². The van der Waals surface area contributed by atoms with Crippen LogP contribution in [0, 0.1) is 0 Å². The van der Waals surface area contributed by atoms with Crippen molar-refractivity contribution in [1.29, 1.82) is 0 Å². The number of carbonyl (C=O) groups is 1. The van der Waals surface area contributed by atoms with E-state index in [0.29, 0.717) is 6.54 Å². The van der Waals surface area contributed by atoms with Crippen LogP contribution >= 0.6 is 11.3 Å². The summed E-state index contributed by atoms with van der Waals surface area (Å²) in [5.74, 6) is 0.161. The molecule has 0 radical (unpaired) electrons. The van der Waals surface area contributed by atoms with Crippen molar-refractivity contribution >= 4 is 23.2 Å². The van der Waals surface area contributed by atoms with Gasteiger partial charge in [0.05, 0.1) is 17.6 Å². The maximum atomic E-state index is 13.0. The molecule has 2 fully saturated rings. The topological polar surface area (TPSA) is 53.4 Å². The number of halogens is 3. The zero-order valence-electron chi connectivity index (χ0n) is 16.6. The Bertz CT molecular complexity index is 898. The van der Waals surface area contributed by atoms with Crippen LogP contribution in [0.2, 0.25) is 0 Å². The fourth-order valence-electron chi connectivity index (χ4n) is 4.62. The van der Waals surface area contributed by atoms with Gasteiger partial charge in [-0.05, 0) is 51.2 Å². The quantitative estimate of drug-likeness (QED) is 0.811. The summed E-state index contributed by atoms with van der Waals surface area (Å²) in [6, 6.07) is 4.78. The number of aromatic nitrogens is 2. The van der Waals surface area contributed by atoms with Gasteiger partial charge in [-0.25, -0.2) is 4.79 Å². The molecular weight excluding hydrogens is 403 g/mol. The number of aryl methyl sites for hydroxylation is 1. The smallest absolute Gasteiger partial charge is 0.330 e. The minimum atomic E-state index is -4.54. The van der Waals surface area contributed by atoms with E-state index >= 15 is 0 Å². The molecule has 0 unspecified atom stereocenters. The normalized spacial score (nSPS) is 27.8. The lowest BCUT2D eigenvalue weighted by atomic mass is 9.71. The molecular formula is C19H24F3N5OS. The van der Waals surface area contributed by atoms with Crippen LogP contribution < -0.4 is 10.2 Å². The van der Waals surface area contributed by atoms with E-state index in [4.69, 9.17) is 0 Å². The number of urea groups is 1. The van der Waals surface area contributed by atoms with E-state index in [-0.39, 0.29) is 17.4 Å². The molecule has 0 aromatic carbocycles. The first-order valence-corrected chi connectivity index (χ1v) is 10.4. The second-order valence-electron chi connectivity index (χ2n) is 8.21. The van der Waals surface area contributed by atoms with E-state index in [1.807, 2.05) is 0 Å². The number of rotatable bonds is 3. The molecule has 6 nitrogen and oxygen atoms in total. The summed E-state index contributed by atoms with van der Waals surface area (Å²) < 4.78 is 40.2. The molecule has 0 bridgehead atoms. The molecule has 1 spiro atoms. The Morgan fingerprint density at radius 3 is 2.45 bits per heavy atom. The van der Waals surface area contributed by atoms with Crippen molar-refractivity contribution in [2.45, 2.75) is 42.9 Å². The maximum absolute atomic E-state index is 13.0. The number of amides is 2. The average molecular weight is 427 g/mol. The molecule has 1 N–H and O–H groups in total. The predicted molar refractivity (Wildman–Crippen MR) is 105 cm³/mol. The number of hydrogen-bond acceptors (Lipinski definition) is 4. The summed E-state index contributed by atoms with van der Waals surface area (Å²) >= 11 is 1.73. The zero-order valence-corrected chi connectivity index (χ0v) is 17.4. The van der Waals surface area contributed by atoms with Crippen LogP contribution in [0.15, 0.2) is 23.6 Å². The Labute approximate surface area is 171 Å². The third-order valence-corrected chi connectivity index (χ3v) is 7.43. The SMILES string of the molecule is Cn1nc(C(F)(F)F)cc1N1C[C@]2(CC[C@@](c3cccs3)(N(C)C)CC2)NC1=O. The van der Waals surface area contributed by atoms with Crippen molar-refractivity contribution in [2.24, 2.45) is 7.05 Å². The fraction of sp³-hybridized carbons (Fsp3) is 0.579. The molecule has 1 aliphatic heterocycles. The van der Waals surface area contributed by atoms with E-state index in [0.717, 1.165) is 36.4 Å². The molecule has 2 amide bonds. The summed E-state index contributed by atoms with van der Waals surface area (Å²) in [6.07, 6.45) is -1.28. The highest BCUT2D eigenvalue weighted by Gasteiger charge is 2.51. The summed E-state index contributed by atoms with van der Waals surface area (Å²) in [5.41, 5.74) is -1.50. The van der Waals surface area contributed by atoms with Crippen LogP contribution in [0.1, 0.15) is 36.3 Å². The van der Waals surface area contributed by atoms with Crippen molar-refractivity contribution in [3.63, 3.8) is 0 Å². The van der Waals surface area contributed by atoms with Crippen LogP contribution in [0.4, 0.5) is 23.8 Å². The van der Waals surface area contributed by atoms with Crippen molar-refractivity contribution in [3.8, 4) is 0 Å². The number of nitrogens with zero attached hydrogens (tertiary/aromatic N) is 4. The van der Waals surface area contributed by atoms with Crippen LogP contribution in [0.25, 0.3) is 0 Å². The predicted octanol–water partition coefficient (Wildman–Crippen LogP) is 3.80. The fourth-order valence-corrected chi connectivity index (χ4v) is 5.69. The highest BCUT2D eigenvalue weighted by atomic mass is 32.1. The van der Waals surface area contributed by atoms with Gasteiger partial charge in [0.1, 0.15) is 5.82 Å². The lowest BCUT2D eigenvalue weighted by Crippen LogP contribution is -2.53. The van der Waals surface area contributed by atoms with Gasteiger partial charge in [-0.3, -0.25) is 14.5 Å². The van der Waals surface area contributed by atoms with Gasteiger partial charge in [0.2, 0.25) is 0 Å². The lowest BCUT2D eigenvalue weighted by Gasteiger charge is -2.47. The number of hydrogen-bond donors (Lipinski definition) is 1. The second kappa shape index (κ2) is 6.73. The Morgan fingerprint density at radius 2 is 1.93 bits per heavy atom. The number of anilines is 1. The summed E-state index contributed by atoms with van der Waals surface area (Å²) in [5, 5.41) is 8.68. The highest BCUT2D eigenvalue weighted by molar-refractivity contribution is 7.10. The first-order valence-electron chi connectivity index (χ1n) is 9.49. The molecule has 10 heteroatoms. The van der Waals surface area contributed by atoms with Gasteiger partial charge >= 0.3 is 12.2 Å². The van der Waals surface area contributed by atoms with Gasteiger partial charge in [0.25, 0.3) is 0 Å². The third-order valence-electron chi connectivity index (χ3n) is 6.37. The molecule has 29 heavy (non-hydrogen) atoms. The first-order chi connectivity index (χ1) is 13.6. The molecule has 158 valence electrons. The molecule has 0 atom stereocenters. The Balaban J connectivity index is 1.55. The molecule has 2 aromatic heterocycles. The van der Waals surface area contributed by atoms with Gasteiger partial charge in [0.15, 0.2) is 5.69 Å². The molecule has 2 aliphatic rings. The van der Waals surface area contributed by atoms with E-state index < -0.39 is 17.4 Å². The zero-order chi connectivity index (χ0) is 21.0. The number of alkyl halides is 3. The number of thiophene rings is 1. The van der Waals surface area contributed by atoms with E-state index in [1.165, 1.54) is 16.8 Å². The van der Waals surface area contributed by atoms with Crippen molar-refractivity contribution in [1.82, 2.24) is 20.0 Å². The molecule has 1 saturated heterocycles. The summed E-state index contributed by atoms with van der Waals surface area (Å²) in [6.45, 7) is 0.344. The van der Waals surface area contributed by atoms with Gasteiger partial charge in [-0.15, -0.1) is 11.3 Å². The van der Waals surface area contributed by atoms with E-state index in [2.05, 4.69) is 46.9 Å². The average Bonchev–Trinajstić information content (AvgIpc) is 3.35. The van der Waals surface area contributed by atoms with Crippen molar-refractivity contribution in [3.05, 3.63) is 34.2 Å². The maximum Gasteiger partial charge on any atom is 0.435 e. The van der Waals surface area contributed by atoms with Gasteiger partial charge < -0.3 is 5.32 Å². The van der Waals surface area contributed by atoms with Crippen LogP contribution in [0.3, 0.4) is 0 Å². The monoisotopic (exact) mass is 427 g/mol. The Kier molecular flexibility index (Phi) is 4.69. The number of carbonyl (C=O) groups excluding carboxylic acids is 1. The number of nitrogens with one attached hydrogen (secondary N) is 1. The van der Waals surface area contributed by atoms with Gasteiger partial charge in [-0.1, -0.05) is 6.07 Å². The Hall–Kier alpha value is -2.07. The Morgan fingerprint density at radius 1 is 1.24 bits per heavy atom. The van der Waals surface area contributed by atoms with Crippen molar-refractivity contribution in [2.75, 3.05) is 25.5 Å². The van der Waals surface area contributed by atoms with Crippen LogP contribution in [-0.2, 0) is 18.8 Å². The van der Waals surface area contributed by atoms with Gasteiger partial charge in [0, 0.05) is 18.0 Å².